The maximum Gasteiger partial charge on any atom is 0.207 e. The number of benzene rings is 3. The number of hydrogen-bond donors (Lipinski definition) is 0. The molecule has 2 atom stereocenters. The van der Waals surface area contributed by atoms with Gasteiger partial charge in [-0.1, -0.05) is 54.6 Å². The Morgan fingerprint density at radius 2 is 1.51 bits per heavy atom. The Balaban J connectivity index is 1.39. The number of hydrogen-bond acceptors (Lipinski definition) is 6. The lowest BCUT2D eigenvalue weighted by molar-refractivity contribution is 0.487. The van der Waals surface area contributed by atoms with Crippen molar-refractivity contribution in [2.24, 2.45) is 11.0 Å². The van der Waals surface area contributed by atoms with E-state index in [2.05, 4.69) is 127 Å². The van der Waals surface area contributed by atoms with Crippen LogP contribution in [0.5, 0.6) is 0 Å². The summed E-state index contributed by atoms with van der Waals surface area (Å²) in [7, 11) is 8.33. The summed E-state index contributed by atoms with van der Waals surface area (Å²) < 4.78 is 0. The number of aromatic nitrogens is 1. The standard InChI is InChI=1S/C33H35N5S/c1-36(2)27-17-13-23(14-18-27)21-26-11-8-12-29-31(26)35-38(32(29)25-15-19-28(20-16-25)37(3)4)33-34-30(22-39-33)24-9-6-5-7-10-24/h5-7,9-10,13-22,29,32H,8,11-12H2,1-4H3/b26-21+. The first-order valence-corrected chi connectivity index (χ1v) is 14.5. The number of anilines is 3. The van der Waals surface area contributed by atoms with Crippen LogP contribution in [-0.4, -0.2) is 38.9 Å². The van der Waals surface area contributed by atoms with Gasteiger partial charge in [-0.3, -0.25) is 0 Å². The van der Waals surface area contributed by atoms with Gasteiger partial charge in [0.15, 0.2) is 0 Å². The van der Waals surface area contributed by atoms with E-state index in [4.69, 9.17) is 10.1 Å². The van der Waals surface area contributed by atoms with Gasteiger partial charge in [0.2, 0.25) is 5.13 Å². The molecule has 0 spiro atoms. The lowest BCUT2D eigenvalue weighted by Crippen LogP contribution is -2.28. The molecule has 198 valence electrons. The highest BCUT2D eigenvalue weighted by molar-refractivity contribution is 7.14. The zero-order chi connectivity index (χ0) is 26.9. The molecule has 3 aromatic carbocycles. The van der Waals surface area contributed by atoms with Gasteiger partial charge in [-0.15, -0.1) is 11.3 Å². The topological polar surface area (TPSA) is 35.0 Å². The highest BCUT2D eigenvalue weighted by Gasteiger charge is 2.42. The van der Waals surface area contributed by atoms with Crippen molar-refractivity contribution in [1.29, 1.82) is 0 Å². The Labute approximate surface area is 235 Å². The van der Waals surface area contributed by atoms with Crippen molar-refractivity contribution < 1.29 is 0 Å². The summed E-state index contributed by atoms with van der Waals surface area (Å²) in [6.07, 6.45) is 5.69. The van der Waals surface area contributed by atoms with Gasteiger partial charge in [0.05, 0.1) is 17.4 Å². The van der Waals surface area contributed by atoms with E-state index in [1.54, 1.807) is 11.3 Å². The smallest absolute Gasteiger partial charge is 0.207 e. The van der Waals surface area contributed by atoms with Crippen LogP contribution >= 0.6 is 11.3 Å². The monoisotopic (exact) mass is 533 g/mol. The molecule has 1 aromatic heterocycles. The second kappa shape index (κ2) is 10.7. The van der Waals surface area contributed by atoms with Gasteiger partial charge in [0.25, 0.3) is 0 Å². The zero-order valence-electron chi connectivity index (χ0n) is 23.1. The van der Waals surface area contributed by atoms with E-state index in [1.165, 1.54) is 40.2 Å². The summed E-state index contributed by atoms with van der Waals surface area (Å²) in [5.74, 6) is 0.334. The van der Waals surface area contributed by atoms with Crippen molar-refractivity contribution in [3.8, 4) is 11.3 Å². The molecule has 0 saturated heterocycles. The number of hydrazone groups is 1. The molecule has 0 bridgehead atoms. The molecular formula is C33H35N5S. The van der Waals surface area contributed by atoms with Crippen molar-refractivity contribution in [1.82, 2.24) is 4.98 Å². The molecule has 6 heteroatoms. The molecule has 2 heterocycles. The quantitative estimate of drug-likeness (QED) is 0.254. The molecule has 2 aliphatic rings. The molecule has 6 rings (SSSR count). The van der Waals surface area contributed by atoms with E-state index in [-0.39, 0.29) is 6.04 Å². The van der Waals surface area contributed by atoms with E-state index >= 15 is 0 Å². The van der Waals surface area contributed by atoms with Crippen LogP contribution in [-0.2, 0) is 0 Å². The van der Waals surface area contributed by atoms with Crippen LogP contribution in [0.4, 0.5) is 16.5 Å². The van der Waals surface area contributed by atoms with Crippen LogP contribution in [0.2, 0.25) is 0 Å². The molecule has 0 N–H and O–H groups in total. The van der Waals surface area contributed by atoms with Gasteiger partial charge in [-0.05, 0) is 66.3 Å². The first kappa shape index (κ1) is 25.4. The number of thiazole rings is 1. The molecule has 39 heavy (non-hydrogen) atoms. The number of allylic oxidation sites excluding steroid dienone is 1. The second-order valence-electron chi connectivity index (χ2n) is 10.8. The third-order valence-corrected chi connectivity index (χ3v) is 8.59. The fourth-order valence-electron chi connectivity index (χ4n) is 5.64. The van der Waals surface area contributed by atoms with Gasteiger partial charge in [0, 0.05) is 56.4 Å². The van der Waals surface area contributed by atoms with E-state index in [0.717, 1.165) is 29.2 Å². The van der Waals surface area contributed by atoms with E-state index in [1.807, 2.05) is 6.07 Å². The number of rotatable bonds is 6. The van der Waals surface area contributed by atoms with Crippen molar-refractivity contribution in [2.45, 2.75) is 25.3 Å². The molecule has 1 saturated carbocycles. The van der Waals surface area contributed by atoms with Crippen LogP contribution in [0, 0.1) is 5.92 Å². The van der Waals surface area contributed by atoms with Crippen LogP contribution in [0.15, 0.2) is 94.9 Å². The third-order valence-electron chi connectivity index (χ3n) is 7.76. The molecule has 2 unspecified atom stereocenters. The van der Waals surface area contributed by atoms with Crippen LogP contribution in [0.1, 0.15) is 36.4 Å². The van der Waals surface area contributed by atoms with Crippen molar-refractivity contribution in [2.75, 3.05) is 43.0 Å². The second-order valence-corrected chi connectivity index (χ2v) is 11.6. The molecule has 0 amide bonds. The molecule has 5 nitrogen and oxygen atoms in total. The average molecular weight is 534 g/mol. The maximum absolute atomic E-state index is 5.34. The van der Waals surface area contributed by atoms with Crippen LogP contribution < -0.4 is 14.8 Å². The highest BCUT2D eigenvalue weighted by atomic mass is 32.1. The van der Waals surface area contributed by atoms with Crippen molar-refractivity contribution in [3.63, 3.8) is 0 Å². The highest BCUT2D eigenvalue weighted by Crippen LogP contribution is 2.47. The summed E-state index contributed by atoms with van der Waals surface area (Å²) in [5, 5.41) is 10.6. The minimum atomic E-state index is 0.130. The molecular weight excluding hydrogens is 498 g/mol. The normalized spacial score (nSPS) is 19.6. The Hall–Kier alpha value is -3.90. The number of nitrogens with zero attached hydrogens (tertiary/aromatic N) is 5. The lowest BCUT2D eigenvalue weighted by Gasteiger charge is -2.29. The molecule has 1 fully saturated rings. The Morgan fingerprint density at radius 1 is 0.846 bits per heavy atom. The van der Waals surface area contributed by atoms with Crippen molar-refractivity contribution in [3.05, 3.63) is 101 Å². The predicted octanol–water partition coefficient (Wildman–Crippen LogP) is 7.74. The summed E-state index contributed by atoms with van der Waals surface area (Å²) in [4.78, 5) is 9.36. The molecule has 1 aliphatic heterocycles. The van der Waals surface area contributed by atoms with Crippen molar-refractivity contribution >= 4 is 39.6 Å². The molecule has 0 radical (unpaired) electrons. The Morgan fingerprint density at radius 3 is 2.18 bits per heavy atom. The third kappa shape index (κ3) is 5.09. The van der Waals surface area contributed by atoms with Crippen LogP contribution in [0.3, 0.4) is 0 Å². The van der Waals surface area contributed by atoms with Gasteiger partial charge in [-0.25, -0.2) is 9.99 Å². The van der Waals surface area contributed by atoms with Crippen LogP contribution in [0.25, 0.3) is 17.3 Å². The minimum Gasteiger partial charge on any atom is -0.378 e. The largest absolute Gasteiger partial charge is 0.378 e. The minimum absolute atomic E-state index is 0.130. The van der Waals surface area contributed by atoms with Gasteiger partial charge in [-0.2, -0.15) is 5.10 Å². The van der Waals surface area contributed by atoms with Gasteiger partial charge >= 0.3 is 0 Å². The fourth-order valence-corrected chi connectivity index (χ4v) is 6.46. The van der Waals surface area contributed by atoms with E-state index in [0.29, 0.717) is 5.92 Å². The zero-order valence-corrected chi connectivity index (χ0v) is 23.9. The summed E-state index contributed by atoms with van der Waals surface area (Å²) >= 11 is 1.68. The Bertz CT molecular complexity index is 1480. The SMILES string of the molecule is CN(C)c1ccc(/C=C2\CCCC3C2=NN(c2nc(-c4ccccc4)cs2)C3c2ccc(N(C)C)cc2)cc1. The average Bonchev–Trinajstić information content (AvgIpc) is 3.60. The van der Waals surface area contributed by atoms with E-state index < -0.39 is 0 Å². The van der Waals surface area contributed by atoms with E-state index in [9.17, 15) is 0 Å². The maximum atomic E-state index is 5.34. The summed E-state index contributed by atoms with van der Waals surface area (Å²) in [5.41, 5.74) is 9.64. The first-order chi connectivity index (χ1) is 19.0. The summed E-state index contributed by atoms with van der Waals surface area (Å²) in [6.45, 7) is 0. The first-order valence-electron chi connectivity index (χ1n) is 13.6. The summed E-state index contributed by atoms with van der Waals surface area (Å²) in [6, 6.07) is 28.3. The Kier molecular flexibility index (Phi) is 6.96. The lowest BCUT2D eigenvalue weighted by atomic mass is 9.77. The predicted molar refractivity (Wildman–Crippen MR) is 167 cm³/mol. The fraction of sp³-hybridized carbons (Fsp3) is 0.273. The molecule has 4 aromatic rings. The molecule has 1 aliphatic carbocycles. The number of fused-ring (bicyclic) bond motifs is 1. The van der Waals surface area contributed by atoms with Gasteiger partial charge < -0.3 is 9.80 Å². The van der Waals surface area contributed by atoms with Gasteiger partial charge in [0.1, 0.15) is 0 Å².